The quantitative estimate of drug-likeness (QED) is 0.443. The van der Waals surface area contributed by atoms with Gasteiger partial charge in [0.2, 0.25) is 0 Å². The highest BCUT2D eigenvalue weighted by Gasteiger charge is 2.19. The molecule has 32 heavy (non-hydrogen) atoms. The molecule has 1 aromatic carbocycles. The summed E-state index contributed by atoms with van der Waals surface area (Å²) >= 11 is 0. The zero-order valence-electron chi connectivity index (χ0n) is 16.9. The number of nitrogens with zero attached hydrogens (tertiary/aromatic N) is 4. The monoisotopic (exact) mass is 430 g/mol. The maximum atomic E-state index is 13.3. The standard InChI is InChI=1S/C23H18N4O5/c28-18(16-3-4-19-20(12-16)32-11-10-31-19)14-26-17-2-1-7-25-21(17)22(29)27(23(26)30)13-15-5-8-24-9-6-15/h1-9,12H,10-11,13-14H2. The van der Waals surface area contributed by atoms with Gasteiger partial charge in [0.1, 0.15) is 13.2 Å². The topological polar surface area (TPSA) is 105 Å². The average Bonchev–Trinajstić information content (AvgIpc) is 2.84. The number of ether oxygens (including phenoxy) is 2. The van der Waals surface area contributed by atoms with Crippen LogP contribution in [0.15, 0.2) is 70.6 Å². The summed E-state index contributed by atoms with van der Waals surface area (Å²) in [5.41, 5.74) is 0.448. The van der Waals surface area contributed by atoms with Crippen LogP contribution in [0.25, 0.3) is 11.0 Å². The van der Waals surface area contributed by atoms with Crippen molar-refractivity contribution in [1.29, 1.82) is 0 Å². The number of pyridine rings is 2. The lowest BCUT2D eigenvalue weighted by molar-refractivity contribution is 0.0970. The van der Waals surface area contributed by atoms with Gasteiger partial charge in [0.15, 0.2) is 22.8 Å². The van der Waals surface area contributed by atoms with Gasteiger partial charge in [-0.25, -0.2) is 9.78 Å². The second-order valence-electron chi connectivity index (χ2n) is 7.27. The first-order valence-corrected chi connectivity index (χ1v) is 10.0. The van der Waals surface area contributed by atoms with Gasteiger partial charge in [-0.15, -0.1) is 0 Å². The minimum Gasteiger partial charge on any atom is -0.486 e. The molecular formula is C23H18N4O5. The normalized spacial score (nSPS) is 12.6. The van der Waals surface area contributed by atoms with E-state index in [0.717, 1.165) is 10.1 Å². The van der Waals surface area contributed by atoms with E-state index >= 15 is 0 Å². The highest BCUT2D eigenvalue weighted by Crippen LogP contribution is 2.31. The molecule has 0 unspecified atom stereocenters. The number of hydrogen-bond acceptors (Lipinski definition) is 7. The fourth-order valence-corrected chi connectivity index (χ4v) is 3.66. The Labute approximate surface area is 181 Å². The minimum atomic E-state index is -0.585. The lowest BCUT2D eigenvalue weighted by Gasteiger charge is -2.19. The van der Waals surface area contributed by atoms with Gasteiger partial charge >= 0.3 is 5.69 Å². The number of Topliss-reactive ketones (excluding diaryl/α,β-unsaturated/α-hetero) is 1. The fourth-order valence-electron chi connectivity index (χ4n) is 3.66. The number of benzene rings is 1. The summed E-state index contributed by atoms with van der Waals surface area (Å²) in [6.45, 7) is 0.649. The maximum absolute atomic E-state index is 13.3. The van der Waals surface area contributed by atoms with Crippen LogP contribution in [-0.2, 0) is 13.1 Å². The first kappa shape index (κ1) is 19.7. The molecule has 1 aliphatic heterocycles. The molecule has 0 radical (unpaired) electrons. The molecule has 0 spiro atoms. The minimum absolute atomic E-state index is 0.0465. The Morgan fingerprint density at radius 3 is 2.53 bits per heavy atom. The third kappa shape index (κ3) is 3.53. The number of carbonyl (C=O) groups excluding carboxylic acids is 1. The first-order chi connectivity index (χ1) is 15.6. The van der Waals surface area contributed by atoms with Crippen molar-refractivity contribution in [2.75, 3.05) is 13.2 Å². The molecule has 0 N–H and O–H groups in total. The highest BCUT2D eigenvalue weighted by molar-refractivity contribution is 5.97. The van der Waals surface area contributed by atoms with Gasteiger partial charge in [-0.1, -0.05) is 0 Å². The van der Waals surface area contributed by atoms with Crippen LogP contribution in [0.4, 0.5) is 0 Å². The van der Waals surface area contributed by atoms with Gasteiger partial charge < -0.3 is 9.47 Å². The fraction of sp³-hybridized carbons (Fsp3) is 0.174. The van der Waals surface area contributed by atoms with Crippen molar-refractivity contribution in [3.63, 3.8) is 0 Å². The summed E-state index contributed by atoms with van der Waals surface area (Å²) in [7, 11) is 0. The van der Waals surface area contributed by atoms with Gasteiger partial charge in [-0.3, -0.25) is 23.7 Å². The van der Waals surface area contributed by atoms with Crippen LogP contribution >= 0.6 is 0 Å². The van der Waals surface area contributed by atoms with Crippen molar-refractivity contribution >= 4 is 16.8 Å². The Kier molecular flexibility index (Phi) is 4.98. The van der Waals surface area contributed by atoms with E-state index in [0.29, 0.717) is 35.8 Å². The van der Waals surface area contributed by atoms with Gasteiger partial charge in [0, 0.05) is 24.2 Å². The molecule has 4 aromatic rings. The lowest BCUT2D eigenvalue weighted by atomic mass is 10.1. The number of rotatable bonds is 5. The van der Waals surface area contributed by atoms with Crippen LogP contribution in [0, 0.1) is 0 Å². The van der Waals surface area contributed by atoms with Crippen molar-refractivity contribution < 1.29 is 14.3 Å². The molecule has 0 atom stereocenters. The van der Waals surface area contributed by atoms with Gasteiger partial charge in [0.05, 0.1) is 18.6 Å². The van der Waals surface area contributed by atoms with E-state index in [1.54, 1.807) is 54.9 Å². The third-order valence-corrected chi connectivity index (χ3v) is 5.24. The van der Waals surface area contributed by atoms with Crippen LogP contribution < -0.4 is 20.7 Å². The van der Waals surface area contributed by atoms with Crippen molar-refractivity contribution in [3.8, 4) is 11.5 Å². The number of carbonyl (C=O) groups is 1. The summed E-state index contributed by atoms with van der Waals surface area (Å²) in [6, 6.07) is 11.6. The molecule has 0 saturated heterocycles. The van der Waals surface area contributed by atoms with Crippen molar-refractivity contribution in [2.45, 2.75) is 13.1 Å². The van der Waals surface area contributed by atoms with Crippen LogP contribution in [0.5, 0.6) is 11.5 Å². The second kappa shape index (κ2) is 8.10. The first-order valence-electron chi connectivity index (χ1n) is 10.0. The maximum Gasteiger partial charge on any atom is 0.332 e. The van der Waals surface area contributed by atoms with Crippen molar-refractivity contribution in [1.82, 2.24) is 19.1 Å². The SMILES string of the molecule is O=C(Cn1c(=O)n(Cc2ccncc2)c(=O)c2ncccc21)c1ccc2c(c1)OCCO2. The smallest absolute Gasteiger partial charge is 0.332 e. The summed E-state index contributed by atoms with van der Waals surface area (Å²) in [5, 5.41) is 0. The van der Waals surface area contributed by atoms with Crippen molar-refractivity contribution in [3.05, 3.63) is 93.0 Å². The van der Waals surface area contributed by atoms with E-state index in [1.165, 1.54) is 10.8 Å². The largest absolute Gasteiger partial charge is 0.486 e. The Bertz CT molecular complexity index is 1440. The Morgan fingerprint density at radius 1 is 0.938 bits per heavy atom. The number of fused-ring (bicyclic) bond motifs is 2. The third-order valence-electron chi connectivity index (χ3n) is 5.24. The van der Waals surface area contributed by atoms with E-state index in [-0.39, 0.29) is 24.4 Å². The van der Waals surface area contributed by atoms with Crippen LogP contribution in [0.3, 0.4) is 0 Å². The highest BCUT2D eigenvalue weighted by atomic mass is 16.6. The molecule has 3 aromatic heterocycles. The zero-order valence-corrected chi connectivity index (χ0v) is 16.9. The number of hydrogen-bond donors (Lipinski definition) is 0. The molecule has 160 valence electrons. The number of ketones is 1. The lowest BCUT2D eigenvalue weighted by Crippen LogP contribution is -2.41. The molecule has 1 aliphatic rings. The summed E-state index contributed by atoms with van der Waals surface area (Å²) in [5.74, 6) is 0.762. The molecule has 0 fully saturated rings. The van der Waals surface area contributed by atoms with Crippen LogP contribution in [-0.4, -0.2) is 38.1 Å². The molecular weight excluding hydrogens is 412 g/mol. The molecule has 0 saturated carbocycles. The summed E-state index contributed by atoms with van der Waals surface area (Å²) < 4.78 is 13.4. The van der Waals surface area contributed by atoms with Crippen molar-refractivity contribution in [2.24, 2.45) is 0 Å². The molecule has 9 nitrogen and oxygen atoms in total. The van der Waals surface area contributed by atoms with Crippen LogP contribution in [0.1, 0.15) is 15.9 Å². The van der Waals surface area contributed by atoms with E-state index in [1.807, 2.05) is 0 Å². The van der Waals surface area contributed by atoms with Gasteiger partial charge in [-0.2, -0.15) is 0 Å². The molecule has 0 amide bonds. The molecule has 5 rings (SSSR count). The molecule has 0 aliphatic carbocycles. The molecule has 4 heterocycles. The molecule has 9 heteroatoms. The van der Waals surface area contributed by atoms with E-state index in [9.17, 15) is 14.4 Å². The van der Waals surface area contributed by atoms with Crippen LogP contribution in [0.2, 0.25) is 0 Å². The number of aromatic nitrogens is 4. The van der Waals surface area contributed by atoms with Gasteiger partial charge in [0.25, 0.3) is 5.56 Å². The predicted molar refractivity (Wildman–Crippen MR) is 115 cm³/mol. The molecule has 0 bridgehead atoms. The summed E-state index contributed by atoms with van der Waals surface area (Å²) in [4.78, 5) is 47.5. The Hall–Kier alpha value is -4.27. The Balaban J connectivity index is 1.58. The second-order valence-corrected chi connectivity index (χ2v) is 7.27. The summed E-state index contributed by atoms with van der Waals surface area (Å²) in [6.07, 6.45) is 4.66. The zero-order chi connectivity index (χ0) is 22.1. The average molecular weight is 430 g/mol. The van der Waals surface area contributed by atoms with E-state index in [4.69, 9.17) is 9.47 Å². The van der Waals surface area contributed by atoms with E-state index in [2.05, 4.69) is 9.97 Å². The van der Waals surface area contributed by atoms with E-state index < -0.39 is 11.2 Å². The van der Waals surface area contributed by atoms with Gasteiger partial charge in [-0.05, 0) is 48.0 Å². The predicted octanol–water partition coefficient (Wildman–Crippen LogP) is 1.66. The Morgan fingerprint density at radius 2 is 1.72 bits per heavy atom.